The second kappa shape index (κ2) is 7.87. The molecule has 0 aliphatic heterocycles. The summed E-state index contributed by atoms with van der Waals surface area (Å²) in [5.74, 6) is 0.142. The van der Waals surface area contributed by atoms with Crippen molar-refractivity contribution in [2.75, 3.05) is 13.2 Å². The number of aliphatic hydroxyl groups is 1. The summed E-state index contributed by atoms with van der Waals surface area (Å²) in [5, 5.41) is 13.8. The molecule has 1 N–H and O–H groups in total. The number of amides is 1. The van der Waals surface area contributed by atoms with Crippen LogP contribution in [0.25, 0.3) is 0 Å². The molecule has 0 radical (unpaired) electrons. The van der Waals surface area contributed by atoms with Gasteiger partial charge in [0.1, 0.15) is 5.69 Å². The number of carbonyl (C=O) groups is 1. The van der Waals surface area contributed by atoms with Crippen molar-refractivity contribution in [3.8, 4) is 0 Å². The Kier molecular flexibility index (Phi) is 5.87. The van der Waals surface area contributed by atoms with E-state index in [2.05, 4.69) is 23.9 Å². The fraction of sp³-hybridized carbons (Fsp3) is 0.471. The predicted molar refractivity (Wildman–Crippen MR) is 88.1 cm³/mol. The Bertz CT molecular complexity index is 637. The maximum atomic E-state index is 12.9. The molecule has 0 aromatic carbocycles. The molecule has 0 aliphatic rings. The van der Waals surface area contributed by atoms with Gasteiger partial charge in [0.15, 0.2) is 0 Å². The maximum Gasteiger partial charge on any atom is 0.272 e. The molecule has 124 valence electrons. The van der Waals surface area contributed by atoms with Gasteiger partial charge in [0, 0.05) is 32.0 Å². The fourth-order valence-corrected chi connectivity index (χ4v) is 2.38. The van der Waals surface area contributed by atoms with Crippen molar-refractivity contribution < 1.29 is 9.90 Å². The van der Waals surface area contributed by atoms with Gasteiger partial charge in [-0.15, -0.1) is 0 Å². The summed E-state index contributed by atoms with van der Waals surface area (Å²) in [6, 6.07) is 5.61. The van der Waals surface area contributed by atoms with E-state index in [4.69, 9.17) is 0 Å². The zero-order chi connectivity index (χ0) is 16.8. The van der Waals surface area contributed by atoms with Crippen molar-refractivity contribution >= 4 is 5.91 Å². The van der Waals surface area contributed by atoms with E-state index < -0.39 is 0 Å². The first-order chi connectivity index (χ1) is 11.1. The maximum absolute atomic E-state index is 12.9. The largest absolute Gasteiger partial charge is 0.395 e. The lowest BCUT2D eigenvalue weighted by Crippen LogP contribution is -2.34. The average molecular weight is 316 g/mol. The summed E-state index contributed by atoms with van der Waals surface area (Å²) in [6.45, 7) is 7.32. The molecule has 0 fully saturated rings. The second-order valence-electron chi connectivity index (χ2n) is 5.74. The minimum absolute atomic E-state index is 0.0801. The van der Waals surface area contributed by atoms with E-state index in [0.29, 0.717) is 18.8 Å². The first kappa shape index (κ1) is 17.1. The van der Waals surface area contributed by atoms with Crippen LogP contribution in [0.2, 0.25) is 0 Å². The van der Waals surface area contributed by atoms with Crippen LogP contribution in [0.3, 0.4) is 0 Å². The Morgan fingerprint density at radius 3 is 2.78 bits per heavy atom. The standard InChI is InChI=1S/C17H24N4O2/c1-4-21-16(10-15(19-21)13(2)3)17(23)20(8-9-22)12-14-6-5-7-18-11-14/h5-7,10-11,13,22H,4,8-9,12H2,1-3H3. The molecule has 0 aliphatic carbocycles. The number of hydrogen-bond donors (Lipinski definition) is 1. The number of carbonyl (C=O) groups excluding carboxylic acids is 1. The highest BCUT2D eigenvalue weighted by Crippen LogP contribution is 2.17. The predicted octanol–water partition coefficient (Wildman–Crippen LogP) is 2.06. The third-order valence-corrected chi connectivity index (χ3v) is 3.66. The monoisotopic (exact) mass is 316 g/mol. The SMILES string of the molecule is CCn1nc(C(C)C)cc1C(=O)N(CCO)Cc1cccnc1. The van der Waals surface area contributed by atoms with Gasteiger partial charge in [-0.2, -0.15) is 5.10 Å². The van der Waals surface area contributed by atoms with Crippen molar-refractivity contribution in [2.24, 2.45) is 0 Å². The summed E-state index contributed by atoms with van der Waals surface area (Å²) in [5.41, 5.74) is 2.40. The molecule has 6 nitrogen and oxygen atoms in total. The molecule has 0 bridgehead atoms. The fourth-order valence-electron chi connectivity index (χ4n) is 2.38. The van der Waals surface area contributed by atoms with Crippen molar-refractivity contribution in [2.45, 2.75) is 39.8 Å². The van der Waals surface area contributed by atoms with Crippen LogP contribution in [0.4, 0.5) is 0 Å². The molecule has 0 saturated carbocycles. The van der Waals surface area contributed by atoms with Gasteiger partial charge in [-0.3, -0.25) is 14.5 Å². The van der Waals surface area contributed by atoms with Crippen LogP contribution < -0.4 is 0 Å². The lowest BCUT2D eigenvalue weighted by atomic mass is 10.1. The molecule has 2 rings (SSSR count). The molecule has 2 aromatic heterocycles. The Labute approximate surface area is 136 Å². The van der Waals surface area contributed by atoms with Gasteiger partial charge in [-0.1, -0.05) is 19.9 Å². The molecule has 23 heavy (non-hydrogen) atoms. The minimum Gasteiger partial charge on any atom is -0.395 e. The number of pyridine rings is 1. The first-order valence-corrected chi connectivity index (χ1v) is 7.93. The Morgan fingerprint density at radius 1 is 1.43 bits per heavy atom. The van der Waals surface area contributed by atoms with Crippen molar-refractivity contribution in [1.82, 2.24) is 19.7 Å². The number of hydrogen-bond acceptors (Lipinski definition) is 4. The molecule has 0 spiro atoms. The van der Waals surface area contributed by atoms with E-state index in [1.54, 1.807) is 22.0 Å². The number of aromatic nitrogens is 3. The van der Waals surface area contributed by atoms with Crippen LogP contribution in [0.5, 0.6) is 0 Å². The lowest BCUT2D eigenvalue weighted by molar-refractivity contribution is 0.0695. The van der Waals surface area contributed by atoms with E-state index in [0.717, 1.165) is 11.3 Å². The molecule has 1 amide bonds. The zero-order valence-corrected chi connectivity index (χ0v) is 13.9. The van der Waals surface area contributed by atoms with Gasteiger partial charge in [-0.25, -0.2) is 0 Å². The van der Waals surface area contributed by atoms with Crippen LogP contribution in [-0.4, -0.2) is 43.8 Å². The van der Waals surface area contributed by atoms with Crippen molar-refractivity contribution in [3.05, 3.63) is 47.5 Å². The highest BCUT2D eigenvalue weighted by Gasteiger charge is 2.21. The molecule has 6 heteroatoms. The third-order valence-electron chi connectivity index (χ3n) is 3.66. The summed E-state index contributed by atoms with van der Waals surface area (Å²) >= 11 is 0. The molecule has 0 saturated heterocycles. The van der Waals surface area contributed by atoms with E-state index in [9.17, 15) is 9.90 Å². The molecular weight excluding hydrogens is 292 g/mol. The minimum atomic E-state index is -0.121. The smallest absolute Gasteiger partial charge is 0.272 e. The van der Waals surface area contributed by atoms with Crippen molar-refractivity contribution in [3.63, 3.8) is 0 Å². The topological polar surface area (TPSA) is 71.2 Å². The number of rotatable bonds is 7. The second-order valence-corrected chi connectivity index (χ2v) is 5.74. The van der Waals surface area contributed by atoms with E-state index in [1.165, 1.54) is 0 Å². The molecular formula is C17H24N4O2. The van der Waals surface area contributed by atoms with E-state index >= 15 is 0 Å². The number of aliphatic hydroxyl groups excluding tert-OH is 1. The van der Waals surface area contributed by atoms with Crippen LogP contribution in [0.1, 0.15) is 48.4 Å². The summed E-state index contributed by atoms with van der Waals surface area (Å²) in [6.07, 6.45) is 3.43. The van der Waals surface area contributed by atoms with Gasteiger partial charge in [0.05, 0.1) is 12.3 Å². The Morgan fingerprint density at radius 2 is 2.22 bits per heavy atom. The van der Waals surface area contributed by atoms with Crippen LogP contribution in [0, 0.1) is 0 Å². The lowest BCUT2D eigenvalue weighted by Gasteiger charge is -2.22. The molecule has 2 heterocycles. The van der Waals surface area contributed by atoms with Gasteiger partial charge >= 0.3 is 0 Å². The van der Waals surface area contributed by atoms with E-state index in [1.807, 2.05) is 25.1 Å². The first-order valence-electron chi connectivity index (χ1n) is 7.93. The molecule has 2 aromatic rings. The van der Waals surface area contributed by atoms with Crippen LogP contribution >= 0.6 is 0 Å². The third kappa shape index (κ3) is 4.16. The highest BCUT2D eigenvalue weighted by atomic mass is 16.3. The molecule has 0 unspecified atom stereocenters. The van der Waals surface area contributed by atoms with Gasteiger partial charge < -0.3 is 10.0 Å². The van der Waals surface area contributed by atoms with Crippen LogP contribution in [0.15, 0.2) is 30.6 Å². The van der Waals surface area contributed by atoms with Crippen LogP contribution in [-0.2, 0) is 13.1 Å². The van der Waals surface area contributed by atoms with Crippen molar-refractivity contribution in [1.29, 1.82) is 0 Å². The summed E-state index contributed by atoms with van der Waals surface area (Å²) < 4.78 is 1.73. The normalized spacial score (nSPS) is 11.0. The van der Waals surface area contributed by atoms with E-state index in [-0.39, 0.29) is 25.0 Å². The summed E-state index contributed by atoms with van der Waals surface area (Å²) in [4.78, 5) is 18.6. The summed E-state index contributed by atoms with van der Waals surface area (Å²) in [7, 11) is 0. The highest BCUT2D eigenvalue weighted by molar-refractivity contribution is 5.92. The number of nitrogens with zero attached hydrogens (tertiary/aromatic N) is 4. The van der Waals surface area contributed by atoms with Gasteiger partial charge in [0.25, 0.3) is 5.91 Å². The van der Waals surface area contributed by atoms with Gasteiger partial charge in [-0.05, 0) is 30.5 Å². The average Bonchev–Trinajstić information content (AvgIpc) is 2.99. The zero-order valence-electron chi connectivity index (χ0n) is 13.9. The molecule has 0 atom stereocenters. The Hall–Kier alpha value is -2.21. The Balaban J connectivity index is 2.27. The van der Waals surface area contributed by atoms with Gasteiger partial charge in [0.2, 0.25) is 0 Å². The quantitative estimate of drug-likeness (QED) is 0.848. The number of aryl methyl sites for hydroxylation is 1.